The van der Waals surface area contributed by atoms with Crippen molar-refractivity contribution in [2.24, 2.45) is 7.05 Å². The highest BCUT2D eigenvalue weighted by molar-refractivity contribution is 6.01. The summed E-state index contributed by atoms with van der Waals surface area (Å²) >= 11 is 0. The molecule has 1 aromatic rings. The maximum absolute atomic E-state index is 12.6. The fourth-order valence-corrected chi connectivity index (χ4v) is 2.47. The molecule has 0 aliphatic rings. The van der Waals surface area contributed by atoms with Crippen molar-refractivity contribution in [2.75, 3.05) is 20.2 Å². The van der Waals surface area contributed by atoms with Gasteiger partial charge in [-0.15, -0.1) is 0 Å². The van der Waals surface area contributed by atoms with Crippen molar-refractivity contribution in [3.63, 3.8) is 0 Å². The molecule has 0 saturated heterocycles. The maximum Gasteiger partial charge on any atom is 0.355 e. The third-order valence-corrected chi connectivity index (χ3v) is 3.81. The van der Waals surface area contributed by atoms with E-state index in [1.165, 1.54) is 0 Å². The topological polar surface area (TPSA) is 51.5 Å². The van der Waals surface area contributed by atoms with Gasteiger partial charge in [0.2, 0.25) is 0 Å². The molecule has 0 aromatic carbocycles. The summed E-state index contributed by atoms with van der Waals surface area (Å²) in [7, 11) is 3.59. The normalized spacial score (nSPS) is 10.6. The summed E-state index contributed by atoms with van der Waals surface area (Å²) in [6, 6.07) is 0. The van der Waals surface area contributed by atoms with E-state index in [2.05, 4.69) is 6.92 Å². The first-order chi connectivity index (χ1) is 9.86. The van der Waals surface area contributed by atoms with Gasteiger partial charge < -0.3 is 14.2 Å². The third kappa shape index (κ3) is 3.46. The van der Waals surface area contributed by atoms with Crippen molar-refractivity contribution in [3.8, 4) is 0 Å². The zero-order valence-electron chi connectivity index (χ0n) is 13.9. The van der Waals surface area contributed by atoms with Gasteiger partial charge in [-0.05, 0) is 32.8 Å². The molecule has 0 unspecified atom stereocenters. The molecule has 1 aromatic heterocycles. The van der Waals surface area contributed by atoms with E-state index >= 15 is 0 Å². The van der Waals surface area contributed by atoms with Gasteiger partial charge in [-0.3, -0.25) is 4.79 Å². The molecule has 1 rings (SSSR count). The monoisotopic (exact) mass is 294 g/mol. The van der Waals surface area contributed by atoms with E-state index in [-0.39, 0.29) is 11.9 Å². The summed E-state index contributed by atoms with van der Waals surface area (Å²) in [5.41, 5.74) is 2.56. The summed E-state index contributed by atoms with van der Waals surface area (Å²) in [6.07, 6.45) is 2.01. The standard InChI is InChI=1S/C16H26N2O3/c1-7-9-10-17(5)15(19)13-11(3)14(16(20)21-8-2)18(6)12(13)4/h7-10H2,1-6H3. The Hall–Kier alpha value is -1.78. The first-order valence-electron chi connectivity index (χ1n) is 7.45. The maximum atomic E-state index is 12.6. The molecule has 0 N–H and O–H groups in total. The first kappa shape index (κ1) is 17.3. The number of esters is 1. The molecular weight excluding hydrogens is 268 g/mol. The van der Waals surface area contributed by atoms with Gasteiger partial charge in [-0.2, -0.15) is 0 Å². The molecule has 0 bridgehead atoms. The van der Waals surface area contributed by atoms with Crippen LogP contribution in [0.25, 0.3) is 0 Å². The van der Waals surface area contributed by atoms with Crippen LogP contribution in [-0.2, 0) is 11.8 Å². The SMILES string of the molecule is CCCCN(C)C(=O)c1c(C)c(C(=O)OCC)n(C)c1C. The molecule has 0 spiro atoms. The lowest BCUT2D eigenvalue weighted by Gasteiger charge is -2.17. The molecule has 1 amide bonds. The van der Waals surface area contributed by atoms with E-state index in [1.807, 2.05) is 6.92 Å². The van der Waals surface area contributed by atoms with Crippen molar-refractivity contribution >= 4 is 11.9 Å². The minimum Gasteiger partial charge on any atom is -0.461 e. The molecule has 5 heteroatoms. The van der Waals surface area contributed by atoms with Crippen LogP contribution in [0.1, 0.15) is 58.8 Å². The number of hydrogen-bond acceptors (Lipinski definition) is 3. The second kappa shape index (κ2) is 7.29. The van der Waals surface area contributed by atoms with Crippen LogP contribution in [0.15, 0.2) is 0 Å². The van der Waals surface area contributed by atoms with Crippen molar-refractivity contribution in [1.82, 2.24) is 9.47 Å². The number of rotatable bonds is 6. The van der Waals surface area contributed by atoms with Crippen LogP contribution in [0.3, 0.4) is 0 Å². The van der Waals surface area contributed by atoms with Gasteiger partial charge in [-0.25, -0.2) is 4.79 Å². The van der Waals surface area contributed by atoms with E-state index in [9.17, 15) is 9.59 Å². The molecule has 0 aliphatic heterocycles. The van der Waals surface area contributed by atoms with E-state index in [1.54, 1.807) is 37.4 Å². The summed E-state index contributed by atoms with van der Waals surface area (Å²) in [5.74, 6) is -0.416. The Morgan fingerprint density at radius 1 is 1.24 bits per heavy atom. The highest BCUT2D eigenvalue weighted by Crippen LogP contribution is 2.23. The Morgan fingerprint density at radius 3 is 2.38 bits per heavy atom. The Balaban J connectivity index is 3.17. The third-order valence-electron chi connectivity index (χ3n) is 3.81. The van der Waals surface area contributed by atoms with Gasteiger partial charge in [0.05, 0.1) is 12.2 Å². The number of carbonyl (C=O) groups excluding carboxylic acids is 2. The van der Waals surface area contributed by atoms with E-state index in [0.717, 1.165) is 25.1 Å². The number of carbonyl (C=O) groups is 2. The summed E-state index contributed by atoms with van der Waals surface area (Å²) < 4.78 is 6.82. The number of ether oxygens (including phenoxy) is 1. The predicted molar refractivity (Wildman–Crippen MR) is 82.7 cm³/mol. The van der Waals surface area contributed by atoms with E-state index < -0.39 is 0 Å². The Kier molecular flexibility index (Phi) is 6.00. The second-order valence-corrected chi connectivity index (χ2v) is 5.29. The first-order valence-corrected chi connectivity index (χ1v) is 7.45. The second-order valence-electron chi connectivity index (χ2n) is 5.29. The minimum atomic E-state index is -0.379. The van der Waals surface area contributed by atoms with Gasteiger partial charge in [0.1, 0.15) is 5.69 Å². The van der Waals surface area contributed by atoms with Gasteiger partial charge in [0.25, 0.3) is 5.91 Å². The zero-order chi connectivity index (χ0) is 16.2. The van der Waals surface area contributed by atoms with Crippen LogP contribution in [0.2, 0.25) is 0 Å². The molecule has 5 nitrogen and oxygen atoms in total. The van der Waals surface area contributed by atoms with Gasteiger partial charge in [0.15, 0.2) is 0 Å². The Labute approximate surface area is 126 Å². The Morgan fingerprint density at radius 2 is 1.86 bits per heavy atom. The summed E-state index contributed by atoms with van der Waals surface area (Å²) in [6.45, 7) is 8.57. The van der Waals surface area contributed by atoms with Gasteiger partial charge in [-0.1, -0.05) is 13.3 Å². The van der Waals surface area contributed by atoms with Crippen LogP contribution in [0, 0.1) is 13.8 Å². The molecule has 0 radical (unpaired) electrons. The van der Waals surface area contributed by atoms with Crippen LogP contribution >= 0.6 is 0 Å². The zero-order valence-corrected chi connectivity index (χ0v) is 13.9. The highest BCUT2D eigenvalue weighted by Gasteiger charge is 2.27. The summed E-state index contributed by atoms with van der Waals surface area (Å²) in [5, 5.41) is 0. The van der Waals surface area contributed by atoms with E-state index in [0.29, 0.717) is 23.4 Å². The number of amides is 1. The van der Waals surface area contributed by atoms with E-state index in [4.69, 9.17) is 4.74 Å². The number of aromatic nitrogens is 1. The van der Waals surface area contributed by atoms with Gasteiger partial charge >= 0.3 is 5.97 Å². The number of hydrogen-bond donors (Lipinski definition) is 0. The Bertz CT molecular complexity index is 532. The van der Waals surface area contributed by atoms with Crippen LogP contribution in [0.4, 0.5) is 0 Å². The van der Waals surface area contributed by atoms with Crippen molar-refractivity contribution in [3.05, 3.63) is 22.5 Å². The minimum absolute atomic E-state index is 0.0374. The molecule has 0 saturated carbocycles. The molecule has 1 heterocycles. The van der Waals surface area contributed by atoms with Crippen molar-refractivity contribution < 1.29 is 14.3 Å². The number of unbranched alkanes of at least 4 members (excludes halogenated alkanes) is 1. The fourth-order valence-electron chi connectivity index (χ4n) is 2.47. The average molecular weight is 294 g/mol. The summed E-state index contributed by atoms with van der Waals surface area (Å²) in [4.78, 5) is 26.4. The van der Waals surface area contributed by atoms with Crippen LogP contribution in [-0.4, -0.2) is 41.5 Å². The highest BCUT2D eigenvalue weighted by atomic mass is 16.5. The van der Waals surface area contributed by atoms with Crippen LogP contribution < -0.4 is 0 Å². The largest absolute Gasteiger partial charge is 0.461 e. The molecule has 0 atom stereocenters. The lowest BCUT2D eigenvalue weighted by molar-refractivity contribution is 0.0514. The quantitative estimate of drug-likeness (QED) is 0.758. The number of nitrogens with zero attached hydrogens (tertiary/aromatic N) is 2. The molecule has 0 aliphatic carbocycles. The van der Waals surface area contributed by atoms with Crippen LogP contribution in [0.5, 0.6) is 0 Å². The average Bonchev–Trinajstić information content (AvgIpc) is 2.66. The smallest absolute Gasteiger partial charge is 0.355 e. The molecule has 21 heavy (non-hydrogen) atoms. The van der Waals surface area contributed by atoms with Crippen molar-refractivity contribution in [1.29, 1.82) is 0 Å². The van der Waals surface area contributed by atoms with Gasteiger partial charge in [0, 0.05) is 26.3 Å². The van der Waals surface area contributed by atoms with Crippen molar-refractivity contribution in [2.45, 2.75) is 40.5 Å². The molecule has 0 fully saturated rings. The molecule has 118 valence electrons. The fraction of sp³-hybridized carbons (Fsp3) is 0.625. The molecular formula is C16H26N2O3. The lowest BCUT2D eigenvalue weighted by atomic mass is 10.1. The predicted octanol–water partition coefficient (Wildman–Crippen LogP) is 2.69. The lowest BCUT2D eigenvalue weighted by Crippen LogP contribution is -2.28.